The van der Waals surface area contributed by atoms with Gasteiger partial charge < -0.3 is 4.40 Å². The summed E-state index contributed by atoms with van der Waals surface area (Å²) in [5.74, 6) is 0. The average molecular weight is 395 g/mol. The number of halogens is 1. The smallest absolute Gasteiger partial charge is 0.271 e. The van der Waals surface area contributed by atoms with Crippen LogP contribution in [0.25, 0.3) is 5.65 Å². The van der Waals surface area contributed by atoms with Crippen LogP contribution in [0.1, 0.15) is 16.8 Å². The highest BCUT2D eigenvalue weighted by molar-refractivity contribution is 7.89. The number of benzene rings is 1. The fraction of sp³-hybridized carbons (Fsp3) is 0.188. The number of rotatable bonds is 5. The number of imidazole rings is 1. The molecule has 0 aliphatic heterocycles. The van der Waals surface area contributed by atoms with Crippen molar-refractivity contribution in [3.8, 4) is 0 Å². The van der Waals surface area contributed by atoms with E-state index in [0.717, 1.165) is 6.07 Å². The third-order valence-electron chi connectivity index (χ3n) is 4.01. The first-order chi connectivity index (χ1) is 12.2. The van der Waals surface area contributed by atoms with Crippen molar-refractivity contribution in [3.63, 3.8) is 0 Å². The minimum absolute atomic E-state index is 0.0528. The minimum Gasteiger partial charge on any atom is -0.305 e. The molecule has 0 bridgehead atoms. The Kier molecular flexibility index (Phi) is 4.70. The summed E-state index contributed by atoms with van der Waals surface area (Å²) in [4.78, 5) is 14.6. The normalized spacial score (nSPS) is 11.8. The standard InChI is InChI=1S/C16H15ClN4O4S/c1-10-5-14(21(22)23)6-15(11(10)2)26(24,25)18-7-13-9-20-8-12(17)3-4-16(20)19-13/h3-6,8-9,18H,7H2,1-2H3. The lowest BCUT2D eigenvalue weighted by atomic mass is 10.1. The zero-order valence-electron chi connectivity index (χ0n) is 13.9. The first-order valence-corrected chi connectivity index (χ1v) is 9.42. The SMILES string of the molecule is Cc1cc([N+](=O)[O-])cc(S(=O)(=O)NCc2cn3cc(Cl)ccc3n2)c1C. The quantitative estimate of drug-likeness (QED) is 0.528. The van der Waals surface area contributed by atoms with Crippen LogP contribution in [-0.2, 0) is 16.6 Å². The molecule has 0 radical (unpaired) electrons. The van der Waals surface area contributed by atoms with Gasteiger partial charge in [0, 0.05) is 24.5 Å². The molecule has 10 heteroatoms. The fourth-order valence-electron chi connectivity index (χ4n) is 2.54. The summed E-state index contributed by atoms with van der Waals surface area (Å²) in [6.07, 6.45) is 3.32. The van der Waals surface area contributed by atoms with Gasteiger partial charge in [-0.2, -0.15) is 0 Å². The summed E-state index contributed by atoms with van der Waals surface area (Å²) in [5, 5.41) is 11.5. The van der Waals surface area contributed by atoms with E-state index in [-0.39, 0.29) is 17.1 Å². The molecule has 1 aromatic carbocycles. The van der Waals surface area contributed by atoms with Crippen LogP contribution in [0.5, 0.6) is 0 Å². The van der Waals surface area contributed by atoms with Gasteiger partial charge in [0.05, 0.1) is 27.1 Å². The molecule has 3 rings (SSSR count). The van der Waals surface area contributed by atoms with E-state index in [2.05, 4.69) is 9.71 Å². The van der Waals surface area contributed by atoms with Crippen LogP contribution in [-0.4, -0.2) is 22.7 Å². The molecule has 0 spiro atoms. The molecule has 0 fully saturated rings. The number of aryl methyl sites for hydroxylation is 1. The van der Waals surface area contributed by atoms with Crippen molar-refractivity contribution in [1.82, 2.24) is 14.1 Å². The average Bonchev–Trinajstić information content (AvgIpc) is 2.97. The lowest BCUT2D eigenvalue weighted by molar-refractivity contribution is -0.385. The van der Waals surface area contributed by atoms with Crippen molar-refractivity contribution in [1.29, 1.82) is 0 Å². The Morgan fingerprint density at radius 2 is 2.00 bits per heavy atom. The van der Waals surface area contributed by atoms with E-state index in [4.69, 9.17) is 11.6 Å². The van der Waals surface area contributed by atoms with Crippen LogP contribution in [0.4, 0.5) is 5.69 Å². The van der Waals surface area contributed by atoms with Crippen LogP contribution < -0.4 is 4.72 Å². The number of pyridine rings is 1. The van der Waals surface area contributed by atoms with Gasteiger partial charge >= 0.3 is 0 Å². The van der Waals surface area contributed by atoms with E-state index in [9.17, 15) is 18.5 Å². The van der Waals surface area contributed by atoms with Gasteiger partial charge in [-0.15, -0.1) is 0 Å². The van der Waals surface area contributed by atoms with Crippen molar-refractivity contribution < 1.29 is 13.3 Å². The van der Waals surface area contributed by atoms with Crippen LogP contribution in [0.15, 0.2) is 41.6 Å². The van der Waals surface area contributed by atoms with Gasteiger partial charge in [0.2, 0.25) is 10.0 Å². The molecule has 26 heavy (non-hydrogen) atoms. The summed E-state index contributed by atoms with van der Waals surface area (Å²) in [6, 6.07) is 5.82. The van der Waals surface area contributed by atoms with Gasteiger partial charge in [0.15, 0.2) is 0 Å². The molecule has 0 aliphatic rings. The Bertz CT molecular complexity index is 1120. The molecule has 0 unspecified atom stereocenters. The number of nitrogens with one attached hydrogen (secondary N) is 1. The van der Waals surface area contributed by atoms with Crippen molar-refractivity contribution >= 4 is 33.0 Å². The highest BCUT2D eigenvalue weighted by Gasteiger charge is 2.22. The van der Waals surface area contributed by atoms with E-state index < -0.39 is 14.9 Å². The Labute approximate surface area is 154 Å². The van der Waals surface area contributed by atoms with Crippen LogP contribution in [0, 0.1) is 24.0 Å². The van der Waals surface area contributed by atoms with Gasteiger partial charge in [-0.25, -0.2) is 18.1 Å². The Balaban J connectivity index is 1.90. The second kappa shape index (κ2) is 6.67. The first-order valence-electron chi connectivity index (χ1n) is 7.56. The van der Waals surface area contributed by atoms with Gasteiger partial charge in [0.25, 0.3) is 5.69 Å². The maximum absolute atomic E-state index is 12.6. The molecule has 8 nitrogen and oxygen atoms in total. The highest BCUT2D eigenvalue weighted by atomic mass is 35.5. The number of nitrogens with zero attached hydrogens (tertiary/aromatic N) is 3. The number of fused-ring (bicyclic) bond motifs is 1. The van der Waals surface area contributed by atoms with Crippen molar-refractivity contribution in [2.24, 2.45) is 0 Å². The molecule has 2 aromatic heterocycles. The maximum Gasteiger partial charge on any atom is 0.271 e. The second-order valence-electron chi connectivity index (χ2n) is 5.81. The molecule has 0 atom stereocenters. The lowest BCUT2D eigenvalue weighted by Crippen LogP contribution is -2.24. The number of aromatic nitrogens is 2. The highest BCUT2D eigenvalue weighted by Crippen LogP contribution is 2.25. The number of non-ortho nitro benzene ring substituents is 1. The van der Waals surface area contributed by atoms with Crippen LogP contribution in [0.3, 0.4) is 0 Å². The molecular weight excluding hydrogens is 380 g/mol. The summed E-state index contributed by atoms with van der Waals surface area (Å²) in [6.45, 7) is 3.19. The zero-order valence-corrected chi connectivity index (χ0v) is 15.5. The molecule has 0 saturated carbocycles. The first kappa shape index (κ1) is 18.3. The van der Waals surface area contributed by atoms with Crippen molar-refractivity contribution in [3.05, 3.63) is 68.6 Å². The van der Waals surface area contributed by atoms with E-state index in [0.29, 0.717) is 27.5 Å². The molecule has 0 aliphatic carbocycles. The molecule has 0 amide bonds. The summed E-state index contributed by atoms with van der Waals surface area (Å²) >= 11 is 5.92. The fourth-order valence-corrected chi connectivity index (χ4v) is 4.04. The molecule has 0 saturated heterocycles. The Morgan fingerprint density at radius 1 is 1.27 bits per heavy atom. The van der Waals surface area contributed by atoms with Gasteiger partial charge in [-0.1, -0.05) is 11.6 Å². The molecular formula is C16H15ClN4O4S. The summed E-state index contributed by atoms with van der Waals surface area (Å²) in [7, 11) is -3.94. The second-order valence-corrected chi connectivity index (χ2v) is 7.98. The third kappa shape index (κ3) is 3.55. The Hall–Kier alpha value is -2.49. The number of hydrogen-bond acceptors (Lipinski definition) is 5. The number of nitro groups is 1. The summed E-state index contributed by atoms with van der Waals surface area (Å²) < 4.78 is 29.4. The topological polar surface area (TPSA) is 107 Å². The molecule has 3 aromatic rings. The van der Waals surface area contributed by atoms with Gasteiger partial charge in [0.1, 0.15) is 5.65 Å². The monoisotopic (exact) mass is 394 g/mol. The predicted molar refractivity (Wildman–Crippen MR) is 96.8 cm³/mol. The van der Waals surface area contributed by atoms with Gasteiger partial charge in [-0.05, 0) is 37.1 Å². The molecule has 2 heterocycles. The predicted octanol–water partition coefficient (Wildman–Crippen LogP) is 2.99. The number of nitro benzene ring substituents is 1. The zero-order chi connectivity index (χ0) is 19.1. The van der Waals surface area contributed by atoms with E-state index in [1.54, 1.807) is 42.8 Å². The van der Waals surface area contributed by atoms with E-state index in [1.807, 2.05) is 0 Å². The van der Waals surface area contributed by atoms with Crippen LogP contribution in [0.2, 0.25) is 5.02 Å². The Morgan fingerprint density at radius 3 is 2.69 bits per heavy atom. The minimum atomic E-state index is -3.94. The molecule has 136 valence electrons. The maximum atomic E-state index is 12.6. The number of hydrogen-bond donors (Lipinski definition) is 1. The van der Waals surface area contributed by atoms with E-state index in [1.165, 1.54) is 6.07 Å². The van der Waals surface area contributed by atoms with Crippen molar-refractivity contribution in [2.45, 2.75) is 25.3 Å². The lowest BCUT2D eigenvalue weighted by Gasteiger charge is -2.10. The van der Waals surface area contributed by atoms with E-state index >= 15 is 0 Å². The van der Waals surface area contributed by atoms with Gasteiger partial charge in [-0.3, -0.25) is 10.1 Å². The van der Waals surface area contributed by atoms with Crippen molar-refractivity contribution in [2.75, 3.05) is 0 Å². The summed E-state index contributed by atoms with van der Waals surface area (Å²) in [5.41, 5.74) is 1.85. The van der Waals surface area contributed by atoms with Crippen LogP contribution >= 0.6 is 11.6 Å². The largest absolute Gasteiger partial charge is 0.305 e. The number of sulfonamides is 1. The molecule has 1 N–H and O–H groups in total. The third-order valence-corrected chi connectivity index (χ3v) is 5.76.